The number of carbonyl (C=O) groups is 1. The molecule has 1 aliphatic heterocycles. The summed E-state index contributed by atoms with van der Waals surface area (Å²) in [6, 6.07) is 11.2. The Bertz CT molecular complexity index is 1130. The number of halogens is 4. The van der Waals surface area contributed by atoms with Crippen molar-refractivity contribution >= 4 is 17.5 Å². The maximum absolute atomic E-state index is 15.3. The Balaban J connectivity index is 1.51. The van der Waals surface area contributed by atoms with Gasteiger partial charge in [0.15, 0.2) is 11.6 Å². The second kappa shape index (κ2) is 9.05. The number of benzene rings is 2. The number of anilines is 2. The number of aromatic nitrogens is 2. The highest BCUT2D eigenvalue weighted by molar-refractivity contribution is 5.92. The van der Waals surface area contributed by atoms with Gasteiger partial charge in [-0.2, -0.15) is 17.6 Å². The first-order chi connectivity index (χ1) is 15.7. The van der Waals surface area contributed by atoms with Gasteiger partial charge in [-0.25, -0.2) is 9.97 Å². The number of amides is 1. The average molecular weight is 459 g/mol. The molecule has 2 aromatic carbocycles. The Morgan fingerprint density at radius 2 is 1.79 bits per heavy atom. The normalized spacial score (nSPS) is 16.1. The number of hydrogen-bond acceptors (Lipinski definition) is 5. The lowest BCUT2D eigenvalue weighted by atomic mass is 10.0. The molecule has 10 heteroatoms. The molecule has 33 heavy (non-hydrogen) atoms. The summed E-state index contributed by atoms with van der Waals surface area (Å²) in [5.74, 6) is -1.06. The molecule has 1 saturated heterocycles. The third kappa shape index (κ3) is 4.89. The van der Waals surface area contributed by atoms with E-state index in [0.29, 0.717) is 24.1 Å². The molecule has 1 aromatic heterocycles. The zero-order valence-corrected chi connectivity index (χ0v) is 17.4. The molecule has 0 unspecified atom stereocenters. The summed E-state index contributed by atoms with van der Waals surface area (Å²) in [6.45, 7) is 0.780. The van der Waals surface area contributed by atoms with E-state index in [9.17, 15) is 18.0 Å². The highest BCUT2D eigenvalue weighted by Gasteiger charge is 2.33. The third-order valence-corrected chi connectivity index (χ3v) is 5.62. The van der Waals surface area contributed by atoms with Crippen LogP contribution in [0.2, 0.25) is 0 Å². The SMILES string of the molecule is NC(=O)c1ccc(CNc2ncnc(N3CCC[C@@H]3c3ccc(C(F)(F)F)cc3)c2F)cc1. The first kappa shape index (κ1) is 22.5. The second-order valence-corrected chi connectivity index (χ2v) is 7.75. The molecule has 6 nitrogen and oxygen atoms in total. The Labute approximate surface area is 187 Å². The van der Waals surface area contributed by atoms with Crippen LogP contribution >= 0.6 is 0 Å². The second-order valence-electron chi connectivity index (χ2n) is 7.75. The van der Waals surface area contributed by atoms with Crippen molar-refractivity contribution in [2.45, 2.75) is 31.6 Å². The molecule has 0 radical (unpaired) electrons. The molecule has 0 spiro atoms. The Kier molecular flexibility index (Phi) is 6.17. The predicted molar refractivity (Wildman–Crippen MR) is 115 cm³/mol. The summed E-state index contributed by atoms with van der Waals surface area (Å²) in [5, 5.41) is 2.93. The molecule has 4 rings (SSSR count). The van der Waals surface area contributed by atoms with Gasteiger partial charge in [-0.05, 0) is 48.2 Å². The predicted octanol–water partition coefficient (Wildman–Crippen LogP) is 4.69. The highest BCUT2D eigenvalue weighted by atomic mass is 19.4. The van der Waals surface area contributed by atoms with E-state index in [4.69, 9.17) is 5.73 Å². The number of hydrogen-bond donors (Lipinski definition) is 2. The molecular formula is C23H21F4N5O. The van der Waals surface area contributed by atoms with Gasteiger partial charge in [-0.15, -0.1) is 0 Å². The summed E-state index contributed by atoms with van der Waals surface area (Å²) >= 11 is 0. The van der Waals surface area contributed by atoms with Crippen LogP contribution in [-0.4, -0.2) is 22.4 Å². The van der Waals surface area contributed by atoms with Crippen LogP contribution in [0, 0.1) is 5.82 Å². The molecule has 1 fully saturated rings. The smallest absolute Gasteiger partial charge is 0.366 e. The number of alkyl halides is 3. The maximum atomic E-state index is 15.3. The van der Waals surface area contributed by atoms with E-state index in [1.54, 1.807) is 29.2 Å². The van der Waals surface area contributed by atoms with Crippen molar-refractivity contribution in [3.63, 3.8) is 0 Å². The molecule has 0 aliphatic carbocycles. The van der Waals surface area contributed by atoms with Gasteiger partial charge in [0.1, 0.15) is 6.33 Å². The van der Waals surface area contributed by atoms with Crippen molar-refractivity contribution < 1.29 is 22.4 Å². The minimum absolute atomic E-state index is 0.0112. The molecule has 3 aromatic rings. The fourth-order valence-electron chi connectivity index (χ4n) is 3.92. The van der Waals surface area contributed by atoms with E-state index in [1.165, 1.54) is 18.5 Å². The standard InChI is InChI=1S/C23H21F4N5O/c24-19-21(29-12-14-3-5-16(6-4-14)20(28)33)30-13-31-22(19)32-11-1-2-18(32)15-7-9-17(10-8-15)23(25,26)27/h3-10,13,18H,1-2,11-12H2,(H2,28,33)(H,29,30,31)/t18-/m1/s1. The molecule has 1 amide bonds. The summed E-state index contributed by atoms with van der Waals surface area (Å²) in [7, 11) is 0. The van der Waals surface area contributed by atoms with Gasteiger partial charge in [0.05, 0.1) is 11.6 Å². The molecule has 1 atom stereocenters. The largest absolute Gasteiger partial charge is 0.416 e. The van der Waals surface area contributed by atoms with Crippen LogP contribution in [0.4, 0.5) is 29.2 Å². The molecule has 1 aliphatic rings. The molecule has 172 valence electrons. The van der Waals surface area contributed by atoms with E-state index in [0.717, 1.165) is 24.1 Å². The highest BCUT2D eigenvalue weighted by Crippen LogP contribution is 2.38. The lowest BCUT2D eigenvalue weighted by molar-refractivity contribution is -0.137. The van der Waals surface area contributed by atoms with Crippen LogP contribution in [0.25, 0.3) is 0 Å². The molecule has 0 saturated carbocycles. The maximum Gasteiger partial charge on any atom is 0.416 e. The van der Waals surface area contributed by atoms with Crippen molar-refractivity contribution in [2.24, 2.45) is 5.73 Å². The molecular weight excluding hydrogens is 438 g/mol. The van der Waals surface area contributed by atoms with Crippen LogP contribution in [0.15, 0.2) is 54.9 Å². The van der Waals surface area contributed by atoms with E-state index in [1.807, 2.05) is 0 Å². The number of nitrogens with two attached hydrogens (primary N) is 1. The lowest BCUT2D eigenvalue weighted by Crippen LogP contribution is -2.25. The van der Waals surface area contributed by atoms with E-state index < -0.39 is 23.5 Å². The van der Waals surface area contributed by atoms with E-state index >= 15 is 4.39 Å². The Morgan fingerprint density at radius 1 is 1.09 bits per heavy atom. The number of nitrogens with one attached hydrogen (secondary N) is 1. The third-order valence-electron chi connectivity index (χ3n) is 5.62. The van der Waals surface area contributed by atoms with E-state index in [2.05, 4.69) is 15.3 Å². The van der Waals surface area contributed by atoms with Gasteiger partial charge >= 0.3 is 6.18 Å². The van der Waals surface area contributed by atoms with Gasteiger partial charge in [0, 0.05) is 18.7 Å². The van der Waals surface area contributed by atoms with Crippen LogP contribution in [0.3, 0.4) is 0 Å². The molecule has 2 heterocycles. The monoisotopic (exact) mass is 459 g/mol. The fourth-order valence-corrected chi connectivity index (χ4v) is 3.92. The first-order valence-electron chi connectivity index (χ1n) is 10.3. The minimum atomic E-state index is -4.41. The number of nitrogens with zero attached hydrogens (tertiary/aromatic N) is 3. The van der Waals surface area contributed by atoms with Gasteiger partial charge in [-0.1, -0.05) is 24.3 Å². The first-order valence-corrected chi connectivity index (χ1v) is 10.3. The van der Waals surface area contributed by atoms with Crippen molar-refractivity contribution in [3.05, 3.63) is 82.9 Å². The van der Waals surface area contributed by atoms with Crippen LogP contribution in [0.1, 0.15) is 45.9 Å². The molecule has 0 bridgehead atoms. The van der Waals surface area contributed by atoms with E-state index in [-0.39, 0.29) is 24.2 Å². The number of primary amides is 1. The van der Waals surface area contributed by atoms with Crippen molar-refractivity contribution in [1.82, 2.24) is 9.97 Å². The van der Waals surface area contributed by atoms with Gasteiger partial charge in [0.25, 0.3) is 0 Å². The zero-order chi connectivity index (χ0) is 23.6. The zero-order valence-electron chi connectivity index (χ0n) is 17.4. The summed E-state index contributed by atoms with van der Waals surface area (Å²) in [6.07, 6.45) is -1.74. The number of rotatable bonds is 6. The Hall–Kier alpha value is -3.69. The summed E-state index contributed by atoms with van der Waals surface area (Å²) in [5.41, 5.74) is 6.34. The Morgan fingerprint density at radius 3 is 2.42 bits per heavy atom. The van der Waals surface area contributed by atoms with Crippen molar-refractivity contribution in [2.75, 3.05) is 16.8 Å². The van der Waals surface area contributed by atoms with Crippen LogP contribution in [-0.2, 0) is 12.7 Å². The van der Waals surface area contributed by atoms with Crippen LogP contribution < -0.4 is 16.0 Å². The van der Waals surface area contributed by atoms with Gasteiger partial charge < -0.3 is 16.0 Å². The summed E-state index contributed by atoms with van der Waals surface area (Å²) < 4.78 is 53.9. The van der Waals surface area contributed by atoms with Crippen LogP contribution in [0.5, 0.6) is 0 Å². The fraction of sp³-hybridized carbons (Fsp3) is 0.261. The number of carbonyl (C=O) groups excluding carboxylic acids is 1. The van der Waals surface area contributed by atoms with Crippen molar-refractivity contribution in [3.8, 4) is 0 Å². The van der Waals surface area contributed by atoms with Gasteiger partial charge in [-0.3, -0.25) is 4.79 Å². The van der Waals surface area contributed by atoms with Gasteiger partial charge in [0.2, 0.25) is 11.7 Å². The molecule has 3 N–H and O–H groups in total. The topological polar surface area (TPSA) is 84.1 Å². The summed E-state index contributed by atoms with van der Waals surface area (Å²) in [4.78, 5) is 21.0. The van der Waals surface area contributed by atoms with Crippen molar-refractivity contribution in [1.29, 1.82) is 0 Å². The average Bonchev–Trinajstić information content (AvgIpc) is 3.28. The minimum Gasteiger partial charge on any atom is -0.366 e. The quantitative estimate of drug-likeness (QED) is 0.523. The lowest BCUT2D eigenvalue weighted by Gasteiger charge is -2.27.